The third kappa shape index (κ3) is 2.94. The second-order valence-electron chi connectivity index (χ2n) is 5.85. The average Bonchev–Trinajstić information content (AvgIpc) is 2.30. The zero-order valence-corrected chi connectivity index (χ0v) is 12.6. The fourth-order valence-electron chi connectivity index (χ4n) is 3.33. The summed E-state index contributed by atoms with van der Waals surface area (Å²) in [6, 6.07) is 5.21. The quantitative estimate of drug-likeness (QED) is 0.844. The van der Waals surface area contributed by atoms with Crippen molar-refractivity contribution in [3.8, 4) is 0 Å². The molecule has 2 N–H and O–H groups in total. The molecule has 18 heavy (non-hydrogen) atoms. The van der Waals surface area contributed by atoms with E-state index in [-0.39, 0.29) is 11.9 Å². The summed E-state index contributed by atoms with van der Waals surface area (Å²) in [6.07, 6.45) is 3.49. The van der Waals surface area contributed by atoms with Gasteiger partial charge in [-0.15, -0.1) is 0 Å². The number of nitrogens with two attached hydrogens (primary N) is 1. The van der Waals surface area contributed by atoms with E-state index in [2.05, 4.69) is 29.8 Å². The molecule has 0 aliphatic heterocycles. The lowest BCUT2D eigenvalue weighted by Gasteiger charge is -2.35. The summed E-state index contributed by atoms with van der Waals surface area (Å²) in [4.78, 5) is 0. The standard InChI is InChI=1S/C15H21BrFN/c1-9-6-10(2)8-11(7-9)15(18)12-4-3-5-13(16)14(12)17/h3-5,9-11,15H,6-8,18H2,1-2H3. The van der Waals surface area contributed by atoms with Crippen LogP contribution >= 0.6 is 15.9 Å². The van der Waals surface area contributed by atoms with E-state index < -0.39 is 0 Å². The predicted molar refractivity (Wildman–Crippen MR) is 76.7 cm³/mol. The molecule has 0 amide bonds. The number of hydrogen-bond acceptors (Lipinski definition) is 1. The number of halogens is 2. The molecular formula is C15H21BrFN. The molecule has 0 bridgehead atoms. The van der Waals surface area contributed by atoms with Crippen LogP contribution in [0, 0.1) is 23.6 Å². The van der Waals surface area contributed by atoms with Crippen LogP contribution in [0.15, 0.2) is 22.7 Å². The summed E-state index contributed by atoms with van der Waals surface area (Å²) >= 11 is 3.23. The third-order valence-corrected chi connectivity index (χ3v) is 4.68. The summed E-state index contributed by atoms with van der Waals surface area (Å²) in [6.45, 7) is 4.54. The van der Waals surface area contributed by atoms with Crippen LogP contribution < -0.4 is 5.73 Å². The van der Waals surface area contributed by atoms with E-state index in [1.54, 1.807) is 6.07 Å². The van der Waals surface area contributed by atoms with Crippen molar-refractivity contribution < 1.29 is 4.39 Å². The smallest absolute Gasteiger partial charge is 0.142 e. The first-order valence-electron chi connectivity index (χ1n) is 6.68. The lowest BCUT2D eigenvalue weighted by Crippen LogP contribution is -2.29. The fourth-order valence-corrected chi connectivity index (χ4v) is 3.72. The zero-order chi connectivity index (χ0) is 13.3. The van der Waals surface area contributed by atoms with Crippen LogP contribution in [-0.2, 0) is 0 Å². The Morgan fingerprint density at radius 3 is 2.44 bits per heavy atom. The van der Waals surface area contributed by atoms with E-state index in [0.717, 1.165) is 12.8 Å². The average molecular weight is 314 g/mol. The van der Waals surface area contributed by atoms with Gasteiger partial charge in [-0.2, -0.15) is 0 Å². The molecular weight excluding hydrogens is 293 g/mol. The van der Waals surface area contributed by atoms with Crippen molar-refractivity contribution in [3.05, 3.63) is 34.1 Å². The molecule has 3 heteroatoms. The van der Waals surface area contributed by atoms with E-state index in [1.807, 2.05) is 12.1 Å². The molecule has 1 fully saturated rings. The highest BCUT2D eigenvalue weighted by molar-refractivity contribution is 9.10. The Balaban J connectivity index is 2.20. The van der Waals surface area contributed by atoms with Crippen LogP contribution in [0.3, 0.4) is 0 Å². The number of benzene rings is 1. The molecule has 1 aromatic rings. The van der Waals surface area contributed by atoms with Gasteiger partial charge in [0, 0.05) is 11.6 Å². The van der Waals surface area contributed by atoms with Gasteiger partial charge in [0.15, 0.2) is 0 Å². The van der Waals surface area contributed by atoms with Crippen LogP contribution in [0.5, 0.6) is 0 Å². The summed E-state index contributed by atoms with van der Waals surface area (Å²) in [5.41, 5.74) is 6.95. The lowest BCUT2D eigenvalue weighted by atomic mass is 9.72. The number of hydrogen-bond donors (Lipinski definition) is 1. The zero-order valence-electron chi connectivity index (χ0n) is 11.0. The van der Waals surface area contributed by atoms with Crippen LogP contribution in [0.2, 0.25) is 0 Å². The Hall–Kier alpha value is -0.410. The molecule has 1 nitrogen and oxygen atoms in total. The molecule has 0 saturated heterocycles. The molecule has 0 spiro atoms. The van der Waals surface area contributed by atoms with Crippen molar-refractivity contribution in [1.82, 2.24) is 0 Å². The molecule has 3 atom stereocenters. The van der Waals surface area contributed by atoms with Gasteiger partial charge in [0.1, 0.15) is 5.82 Å². The highest BCUT2D eigenvalue weighted by atomic mass is 79.9. The third-order valence-electron chi connectivity index (χ3n) is 4.06. The second kappa shape index (κ2) is 5.70. The van der Waals surface area contributed by atoms with E-state index in [4.69, 9.17) is 5.73 Å². The lowest BCUT2D eigenvalue weighted by molar-refractivity contribution is 0.191. The molecule has 0 heterocycles. The topological polar surface area (TPSA) is 26.0 Å². The van der Waals surface area contributed by atoms with Crippen LogP contribution in [0.25, 0.3) is 0 Å². The van der Waals surface area contributed by atoms with Gasteiger partial charge in [-0.3, -0.25) is 0 Å². The van der Waals surface area contributed by atoms with Gasteiger partial charge >= 0.3 is 0 Å². The van der Waals surface area contributed by atoms with Crippen LogP contribution in [0.4, 0.5) is 4.39 Å². The number of rotatable bonds is 2. The van der Waals surface area contributed by atoms with Gasteiger partial charge in [0.25, 0.3) is 0 Å². The first-order valence-corrected chi connectivity index (χ1v) is 7.47. The molecule has 2 rings (SSSR count). The van der Waals surface area contributed by atoms with E-state index in [9.17, 15) is 4.39 Å². The predicted octanol–water partition coefficient (Wildman–Crippen LogP) is 4.66. The molecule has 1 aromatic carbocycles. The van der Waals surface area contributed by atoms with Gasteiger partial charge < -0.3 is 5.73 Å². The highest BCUT2D eigenvalue weighted by Gasteiger charge is 2.30. The maximum atomic E-state index is 14.1. The van der Waals surface area contributed by atoms with Crippen molar-refractivity contribution in [3.63, 3.8) is 0 Å². The monoisotopic (exact) mass is 313 g/mol. The van der Waals surface area contributed by atoms with Crippen LogP contribution in [-0.4, -0.2) is 0 Å². The first kappa shape index (κ1) is 14.0. The van der Waals surface area contributed by atoms with E-state index in [0.29, 0.717) is 27.8 Å². The van der Waals surface area contributed by atoms with Gasteiger partial charge in [-0.25, -0.2) is 4.39 Å². The molecule has 0 aromatic heterocycles. The second-order valence-corrected chi connectivity index (χ2v) is 6.70. The van der Waals surface area contributed by atoms with Crippen molar-refractivity contribution in [2.24, 2.45) is 23.5 Å². The molecule has 1 saturated carbocycles. The molecule has 100 valence electrons. The normalized spacial score (nSPS) is 30.2. The maximum Gasteiger partial charge on any atom is 0.142 e. The van der Waals surface area contributed by atoms with Crippen molar-refractivity contribution in [1.29, 1.82) is 0 Å². The Bertz CT molecular complexity index is 411. The van der Waals surface area contributed by atoms with Gasteiger partial charge in [-0.1, -0.05) is 26.0 Å². The van der Waals surface area contributed by atoms with Crippen LogP contribution in [0.1, 0.15) is 44.7 Å². The molecule has 3 unspecified atom stereocenters. The van der Waals surface area contributed by atoms with E-state index in [1.165, 1.54) is 6.42 Å². The highest BCUT2D eigenvalue weighted by Crippen LogP contribution is 2.39. The summed E-state index contributed by atoms with van der Waals surface area (Å²) in [5.74, 6) is 1.59. The van der Waals surface area contributed by atoms with Crippen molar-refractivity contribution in [2.75, 3.05) is 0 Å². The maximum absolute atomic E-state index is 14.1. The summed E-state index contributed by atoms with van der Waals surface area (Å²) in [5, 5.41) is 0. The van der Waals surface area contributed by atoms with Crippen molar-refractivity contribution >= 4 is 15.9 Å². The Kier molecular flexibility index (Phi) is 4.44. The minimum atomic E-state index is -0.198. The minimum absolute atomic E-state index is 0.187. The SMILES string of the molecule is CC1CC(C)CC(C(N)c2cccc(Br)c2F)C1. The first-order chi connectivity index (χ1) is 8.49. The fraction of sp³-hybridized carbons (Fsp3) is 0.600. The van der Waals surface area contributed by atoms with Gasteiger partial charge in [0.2, 0.25) is 0 Å². The van der Waals surface area contributed by atoms with Gasteiger partial charge in [0.05, 0.1) is 4.47 Å². The summed E-state index contributed by atoms with van der Waals surface area (Å²) < 4.78 is 14.6. The molecule has 0 radical (unpaired) electrons. The minimum Gasteiger partial charge on any atom is -0.324 e. The van der Waals surface area contributed by atoms with Gasteiger partial charge in [-0.05, 0) is 59.0 Å². The molecule has 1 aliphatic carbocycles. The van der Waals surface area contributed by atoms with E-state index >= 15 is 0 Å². The molecule has 1 aliphatic rings. The Morgan fingerprint density at radius 1 is 1.22 bits per heavy atom. The Morgan fingerprint density at radius 2 is 1.83 bits per heavy atom. The van der Waals surface area contributed by atoms with Crippen molar-refractivity contribution in [2.45, 2.75) is 39.2 Å². The summed E-state index contributed by atoms with van der Waals surface area (Å²) in [7, 11) is 0. The largest absolute Gasteiger partial charge is 0.324 e. The Labute approximate surface area is 117 Å².